The number of para-hydroxylation sites is 1. The third-order valence-corrected chi connectivity index (χ3v) is 6.74. The molecule has 1 N–H and O–H groups in total. The van der Waals surface area contributed by atoms with Gasteiger partial charge < -0.3 is 10.2 Å². The summed E-state index contributed by atoms with van der Waals surface area (Å²) in [6, 6.07) is 10.8. The van der Waals surface area contributed by atoms with Crippen LogP contribution in [0.15, 0.2) is 46.9 Å². The van der Waals surface area contributed by atoms with Gasteiger partial charge in [0.25, 0.3) is 0 Å². The molecule has 2 aromatic carbocycles. The molecule has 1 heterocycles. The van der Waals surface area contributed by atoms with Gasteiger partial charge in [0, 0.05) is 40.6 Å². The second-order valence-corrected chi connectivity index (χ2v) is 8.67. The fourth-order valence-corrected chi connectivity index (χ4v) is 5.35. The van der Waals surface area contributed by atoms with E-state index in [-0.39, 0.29) is 29.3 Å². The van der Waals surface area contributed by atoms with E-state index < -0.39 is 11.7 Å². The molecule has 1 aliphatic carbocycles. The maximum absolute atomic E-state index is 13.1. The molecule has 0 aromatic heterocycles. The average Bonchev–Trinajstić information content (AvgIpc) is 2.99. The zero-order valence-corrected chi connectivity index (χ0v) is 17.6. The zero-order chi connectivity index (χ0) is 21.5. The van der Waals surface area contributed by atoms with E-state index in [1.165, 1.54) is 18.2 Å². The first-order chi connectivity index (χ1) is 14.2. The van der Waals surface area contributed by atoms with E-state index in [1.807, 2.05) is 18.2 Å². The number of anilines is 1. The predicted molar refractivity (Wildman–Crippen MR) is 111 cm³/mol. The van der Waals surface area contributed by atoms with E-state index >= 15 is 0 Å². The number of hydrogen-bond acceptors (Lipinski definition) is 3. The van der Waals surface area contributed by atoms with Crippen LogP contribution in [-0.2, 0) is 16.4 Å². The molecule has 1 spiro atoms. The molecule has 4 rings (SSSR count). The van der Waals surface area contributed by atoms with Crippen molar-refractivity contribution in [1.82, 2.24) is 4.90 Å². The maximum Gasteiger partial charge on any atom is 0.418 e. The normalized spacial score (nSPS) is 17.9. The van der Waals surface area contributed by atoms with Crippen LogP contribution in [0.4, 0.5) is 18.9 Å². The number of halogens is 4. The summed E-state index contributed by atoms with van der Waals surface area (Å²) in [6.07, 6.45) is -2.75. The van der Waals surface area contributed by atoms with Crippen molar-refractivity contribution in [2.45, 2.75) is 30.9 Å². The number of rotatable bonds is 3. The molecule has 30 heavy (non-hydrogen) atoms. The lowest BCUT2D eigenvalue weighted by atomic mass is 9.74. The Balaban J connectivity index is 1.42. The van der Waals surface area contributed by atoms with E-state index in [2.05, 4.69) is 21.2 Å². The Hall–Kier alpha value is -2.35. The fourth-order valence-electron chi connectivity index (χ4n) is 4.56. The summed E-state index contributed by atoms with van der Waals surface area (Å²) < 4.78 is 40.3. The number of nitrogens with zero attached hydrogens (tertiary/aromatic N) is 1. The molecule has 1 amide bonds. The minimum atomic E-state index is -4.49. The van der Waals surface area contributed by atoms with Gasteiger partial charge in [0.2, 0.25) is 5.91 Å². The van der Waals surface area contributed by atoms with E-state index in [0.29, 0.717) is 32.4 Å². The summed E-state index contributed by atoms with van der Waals surface area (Å²) in [6.45, 7) is 0.726. The summed E-state index contributed by atoms with van der Waals surface area (Å²) in [5, 5.41) is 2.64. The molecule has 0 unspecified atom stereocenters. The lowest BCUT2D eigenvalue weighted by molar-refractivity contribution is -0.137. The molecule has 1 aliphatic heterocycles. The predicted octanol–water partition coefficient (Wildman–Crippen LogP) is 5.03. The van der Waals surface area contributed by atoms with Gasteiger partial charge in [0.05, 0.1) is 12.1 Å². The summed E-state index contributed by atoms with van der Waals surface area (Å²) in [7, 11) is 0. The highest BCUT2D eigenvalue weighted by molar-refractivity contribution is 9.10. The number of likely N-dealkylation sites (tertiary alicyclic amines) is 1. The first kappa shape index (κ1) is 20.9. The Bertz CT molecular complexity index is 998. The van der Waals surface area contributed by atoms with Gasteiger partial charge in [-0.15, -0.1) is 0 Å². The topological polar surface area (TPSA) is 49.4 Å². The van der Waals surface area contributed by atoms with Crippen LogP contribution in [0.25, 0.3) is 0 Å². The number of carbonyl (C=O) groups excluding carboxylic acids is 2. The molecule has 0 bridgehead atoms. The lowest BCUT2D eigenvalue weighted by Crippen LogP contribution is -2.46. The van der Waals surface area contributed by atoms with E-state index in [4.69, 9.17) is 0 Å². The monoisotopic (exact) mass is 480 g/mol. The smallest absolute Gasteiger partial charge is 0.376 e. The molecule has 158 valence electrons. The van der Waals surface area contributed by atoms with Crippen molar-refractivity contribution in [1.29, 1.82) is 0 Å². The first-order valence-electron chi connectivity index (χ1n) is 9.71. The summed E-state index contributed by atoms with van der Waals surface area (Å²) >= 11 is 3.57. The summed E-state index contributed by atoms with van der Waals surface area (Å²) in [4.78, 5) is 26.8. The SMILES string of the molecule is O=C1CC2(CCN(C(=O)CNc3ccccc3C(F)(F)F)CC2)c2c(Br)cccc21. The molecule has 2 aromatic rings. The molecular formula is C22H20BrF3N2O2. The number of nitrogens with one attached hydrogen (secondary N) is 1. The molecule has 1 saturated heterocycles. The minimum Gasteiger partial charge on any atom is -0.376 e. The first-order valence-corrected chi connectivity index (χ1v) is 10.5. The third-order valence-electron chi connectivity index (χ3n) is 6.08. The Kier molecular flexibility index (Phi) is 5.38. The van der Waals surface area contributed by atoms with Crippen LogP contribution in [0.3, 0.4) is 0 Å². The number of benzene rings is 2. The molecule has 1 fully saturated rings. The van der Waals surface area contributed by atoms with E-state index in [9.17, 15) is 22.8 Å². The number of amides is 1. The van der Waals surface area contributed by atoms with Crippen molar-refractivity contribution >= 4 is 33.3 Å². The van der Waals surface area contributed by atoms with Crippen molar-refractivity contribution in [3.05, 3.63) is 63.6 Å². The molecule has 2 aliphatic rings. The van der Waals surface area contributed by atoms with Gasteiger partial charge in [0.15, 0.2) is 5.78 Å². The maximum atomic E-state index is 13.1. The van der Waals surface area contributed by atoms with Crippen molar-refractivity contribution in [2.24, 2.45) is 0 Å². The van der Waals surface area contributed by atoms with Crippen molar-refractivity contribution < 1.29 is 22.8 Å². The Morgan fingerprint density at radius 1 is 1.10 bits per heavy atom. The largest absolute Gasteiger partial charge is 0.418 e. The van der Waals surface area contributed by atoms with Gasteiger partial charge in [-0.1, -0.05) is 40.2 Å². The number of alkyl halides is 3. The zero-order valence-electron chi connectivity index (χ0n) is 16.1. The van der Waals surface area contributed by atoms with Crippen molar-refractivity contribution in [3.63, 3.8) is 0 Å². The summed E-state index contributed by atoms with van der Waals surface area (Å²) in [5.74, 6) is -0.130. The molecule has 8 heteroatoms. The second kappa shape index (κ2) is 7.72. The minimum absolute atomic E-state index is 0.105. The molecular weight excluding hydrogens is 461 g/mol. The van der Waals surface area contributed by atoms with Crippen LogP contribution in [0.5, 0.6) is 0 Å². The van der Waals surface area contributed by atoms with Crippen LogP contribution < -0.4 is 5.32 Å². The van der Waals surface area contributed by atoms with Crippen LogP contribution in [0.1, 0.15) is 40.7 Å². The molecule has 0 saturated carbocycles. The van der Waals surface area contributed by atoms with Gasteiger partial charge in [-0.2, -0.15) is 13.2 Å². The van der Waals surface area contributed by atoms with Crippen molar-refractivity contribution in [2.75, 3.05) is 25.0 Å². The molecule has 4 nitrogen and oxygen atoms in total. The number of piperidine rings is 1. The Labute approximate surface area is 180 Å². The second-order valence-electron chi connectivity index (χ2n) is 7.82. The third kappa shape index (κ3) is 3.73. The van der Waals surface area contributed by atoms with Crippen LogP contribution in [-0.4, -0.2) is 36.2 Å². The highest BCUT2D eigenvalue weighted by atomic mass is 79.9. The fraction of sp³-hybridized carbons (Fsp3) is 0.364. The van der Waals surface area contributed by atoms with Gasteiger partial charge >= 0.3 is 6.18 Å². The van der Waals surface area contributed by atoms with Crippen LogP contribution in [0.2, 0.25) is 0 Å². The standard InChI is InChI=1S/C22H20BrF3N2O2/c23-16-6-3-4-14-18(29)12-21(20(14)16)8-10-28(11-9-21)19(30)13-27-17-7-2-1-5-15(17)22(24,25)26/h1-7,27H,8-13H2. The number of carbonyl (C=O) groups is 2. The average molecular weight is 481 g/mol. The lowest BCUT2D eigenvalue weighted by Gasteiger charge is -2.40. The van der Waals surface area contributed by atoms with Gasteiger partial charge in [0.1, 0.15) is 0 Å². The van der Waals surface area contributed by atoms with E-state index in [1.54, 1.807) is 4.90 Å². The van der Waals surface area contributed by atoms with Crippen LogP contribution >= 0.6 is 15.9 Å². The quantitative estimate of drug-likeness (QED) is 0.670. The molecule has 0 atom stereocenters. The van der Waals surface area contributed by atoms with E-state index in [0.717, 1.165) is 21.7 Å². The van der Waals surface area contributed by atoms with Crippen molar-refractivity contribution in [3.8, 4) is 0 Å². The van der Waals surface area contributed by atoms with Crippen LogP contribution in [0, 0.1) is 0 Å². The highest BCUT2D eigenvalue weighted by Crippen LogP contribution is 2.49. The number of fused-ring (bicyclic) bond motifs is 2. The van der Waals surface area contributed by atoms with Gasteiger partial charge in [-0.25, -0.2) is 0 Å². The van der Waals surface area contributed by atoms with Gasteiger partial charge in [-0.05, 0) is 36.6 Å². The Morgan fingerprint density at radius 2 is 1.80 bits per heavy atom. The summed E-state index contributed by atoms with van der Waals surface area (Å²) in [5.41, 5.74) is 0.598. The number of hydrogen-bond donors (Lipinski definition) is 1. The Morgan fingerprint density at radius 3 is 2.50 bits per heavy atom. The highest BCUT2D eigenvalue weighted by Gasteiger charge is 2.46. The molecule has 0 radical (unpaired) electrons. The van der Waals surface area contributed by atoms with Gasteiger partial charge in [-0.3, -0.25) is 9.59 Å². The number of ketones is 1. The number of Topliss-reactive ketones (excluding diaryl/α,β-unsaturated/α-hetero) is 1.